The molecule has 1 atom stereocenters. The van der Waals surface area contributed by atoms with Gasteiger partial charge in [-0.1, -0.05) is 6.07 Å². The highest BCUT2D eigenvalue weighted by atomic mass is 16.5. The van der Waals surface area contributed by atoms with Crippen molar-refractivity contribution in [1.29, 1.82) is 0 Å². The van der Waals surface area contributed by atoms with Crippen LogP contribution in [0.15, 0.2) is 24.3 Å². The van der Waals surface area contributed by atoms with Crippen LogP contribution in [0.3, 0.4) is 0 Å². The number of carbonyl (C=O) groups excluding carboxylic acids is 4. The largest absolute Gasteiger partial charge is 0.454 e. The summed E-state index contributed by atoms with van der Waals surface area (Å²) in [6, 6.07) is 5.67. The third-order valence-corrected chi connectivity index (χ3v) is 3.26. The van der Waals surface area contributed by atoms with E-state index < -0.39 is 24.5 Å². The quantitative estimate of drug-likeness (QED) is 0.651. The minimum Gasteiger partial charge on any atom is -0.454 e. The average molecular weight is 319 g/mol. The van der Waals surface area contributed by atoms with Gasteiger partial charge in [-0.3, -0.25) is 14.4 Å². The van der Waals surface area contributed by atoms with Gasteiger partial charge in [0, 0.05) is 24.7 Å². The van der Waals surface area contributed by atoms with E-state index in [2.05, 4.69) is 16.0 Å². The smallest absolute Gasteiger partial charge is 0.329 e. The Morgan fingerprint density at radius 2 is 2.13 bits per heavy atom. The van der Waals surface area contributed by atoms with E-state index in [4.69, 9.17) is 4.74 Å². The maximum absolute atomic E-state index is 11.8. The van der Waals surface area contributed by atoms with Crippen molar-refractivity contribution in [2.24, 2.45) is 0 Å². The number of hydrogen-bond donors (Lipinski definition) is 3. The number of rotatable bonds is 5. The first-order valence-corrected chi connectivity index (χ1v) is 7.07. The first-order valence-electron chi connectivity index (χ1n) is 7.07. The van der Waals surface area contributed by atoms with E-state index in [0.29, 0.717) is 17.7 Å². The van der Waals surface area contributed by atoms with Crippen LogP contribution >= 0.6 is 0 Å². The molecule has 1 fully saturated rings. The molecule has 3 N–H and O–H groups in total. The fraction of sp³-hybridized carbons (Fsp3) is 0.333. The molecule has 0 aromatic heterocycles. The molecule has 1 aromatic rings. The lowest BCUT2D eigenvalue weighted by Crippen LogP contribution is -2.36. The summed E-state index contributed by atoms with van der Waals surface area (Å²) < 4.78 is 4.86. The van der Waals surface area contributed by atoms with E-state index >= 15 is 0 Å². The molecule has 1 aliphatic rings. The zero-order valence-electron chi connectivity index (χ0n) is 12.5. The van der Waals surface area contributed by atoms with Crippen LogP contribution in [0.1, 0.15) is 23.2 Å². The minimum absolute atomic E-state index is 0.206. The Balaban J connectivity index is 1.84. The van der Waals surface area contributed by atoms with Gasteiger partial charge in [0.1, 0.15) is 6.04 Å². The highest BCUT2D eigenvalue weighted by Gasteiger charge is 2.28. The van der Waals surface area contributed by atoms with Crippen LogP contribution < -0.4 is 16.0 Å². The summed E-state index contributed by atoms with van der Waals surface area (Å²) in [5.74, 6) is -1.64. The van der Waals surface area contributed by atoms with E-state index in [9.17, 15) is 19.2 Å². The Bertz CT molecular complexity index is 644. The van der Waals surface area contributed by atoms with Crippen molar-refractivity contribution in [1.82, 2.24) is 10.6 Å². The van der Waals surface area contributed by atoms with E-state index in [-0.39, 0.29) is 18.2 Å². The van der Waals surface area contributed by atoms with Crippen molar-refractivity contribution in [3.63, 3.8) is 0 Å². The van der Waals surface area contributed by atoms with E-state index in [0.717, 1.165) is 0 Å². The Kier molecular flexibility index (Phi) is 5.29. The predicted octanol–water partition coefficient (Wildman–Crippen LogP) is -0.193. The van der Waals surface area contributed by atoms with E-state index in [1.54, 1.807) is 18.2 Å². The molecule has 0 aliphatic carbocycles. The maximum atomic E-state index is 11.8. The summed E-state index contributed by atoms with van der Waals surface area (Å²) in [6.45, 7) is -0.463. The monoisotopic (exact) mass is 319 g/mol. The lowest BCUT2D eigenvalue weighted by atomic mass is 10.2. The number of benzene rings is 1. The molecular weight excluding hydrogens is 302 g/mol. The summed E-state index contributed by atoms with van der Waals surface area (Å²) in [6.07, 6.45) is 0.645. The van der Waals surface area contributed by atoms with Gasteiger partial charge in [0.05, 0.1) is 0 Å². The zero-order valence-corrected chi connectivity index (χ0v) is 12.5. The standard InChI is InChI=1S/C15H17N3O5/c1-16-14(21)9-3-2-4-10(7-9)17-13(20)8-23-15(22)11-5-6-12(19)18-11/h2-4,7,11H,5-6,8H2,1H3,(H,16,21)(H,17,20)(H,18,19)/t11-/m1/s1. The molecule has 0 unspecified atom stereocenters. The van der Waals surface area contributed by atoms with Crippen molar-refractivity contribution in [2.75, 3.05) is 19.0 Å². The zero-order chi connectivity index (χ0) is 16.8. The lowest BCUT2D eigenvalue weighted by molar-refractivity contribution is -0.149. The summed E-state index contributed by atoms with van der Waals surface area (Å²) >= 11 is 0. The van der Waals surface area contributed by atoms with Crippen molar-refractivity contribution in [2.45, 2.75) is 18.9 Å². The maximum Gasteiger partial charge on any atom is 0.329 e. The Hall–Kier alpha value is -2.90. The van der Waals surface area contributed by atoms with Gasteiger partial charge in [0.2, 0.25) is 5.91 Å². The second-order valence-corrected chi connectivity index (χ2v) is 4.97. The molecule has 122 valence electrons. The average Bonchev–Trinajstić information content (AvgIpc) is 2.98. The van der Waals surface area contributed by atoms with Crippen molar-refractivity contribution in [3.05, 3.63) is 29.8 Å². The number of ether oxygens (including phenoxy) is 1. The van der Waals surface area contributed by atoms with Gasteiger partial charge in [-0.2, -0.15) is 0 Å². The van der Waals surface area contributed by atoms with Crippen LogP contribution in [0.5, 0.6) is 0 Å². The van der Waals surface area contributed by atoms with Crippen LogP contribution in [0.2, 0.25) is 0 Å². The van der Waals surface area contributed by atoms with Gasteiger partial charge in [0.25, 0.3) is 11.8 Å². The molecule has 0 spiro atoms. The van der Waals surface area contributed by atoms with Crippen molar-refractivity contribution >= 4 is 29.4 Å². The van der Waals surface area contributed by atoms with Crippen LogP contribution in [0.25, 0.3) is 0 Å². The van der Waals surface area contributed by atoms with Gasteiger partial charge in [-0.05, 0) is 24.6 Å². The molecule has 8 nitrogen and oxygen atoms in total. The summed E-state index contributed by atoms with van der Waals surface area (Å²) in [7, 11) is 1.51. The fourth-order valence-corrected chi connectivity index (χ4v) is 2.11. The second kappa shape index (κ2) is 7.39. The number of amides is 3. The Labute approximate surface area is 132 Å². The molecular formula is C15H17N3O5. The molecule has 0 radical (unpaired) electrons. The fourth-order valence-electron chi connectivity index (χ4n) is 2.11. The molecule has 0 bridgehead atoms. The SMILES string of the molecule is CNC(=O)c1cccc(NC(=O)COC(=O)[C@H]2CCC(=O)N2)c1. The van der Waals surface area contributed by atoms with Gasteiger partial charge in [-0.15, -0.1) is 0 Å². The molecule has 8 heteroatoms. The van der Waals surface area contributed by atoms with Gasteiger partial charge in [0.15, 0.2) is 6.61 Å². The Morgan fingerprint density at radius 3 is 2.78 bits per heavy atom. The predicted molar refractivity (Wildman–Crippen MR) is 80.6 cm³/mol. The number of esters is 1. The molecule has 23 heavy (non-hydrogen) atoms. The molecule has 0 saturated carbocycles. The van der Waals surface area contributed by atoms with E-state index in [1.807, 2.05) is 0 Å². The van der Waals surface area contributed by atoms with Crippen molar-refractivity contribution < 1.29 is 23.9 Å². The number of carbonyl (C=O) groups is 4. The number of hydrogen-bond acceptors (Lipinski definition) is 5. The summed E-state index contributed by atoms with van der Waals surface area (Å²) in [4.78, 5) is 46.0. The third-order valence-electron chi connectivity index (χ3n) is 3.26. The second-order valence-electron chi connectivity index (χ2n) is 4.97. The van der Waals surface area contributed by atoms with Crippen LogP contribution in [0, 0.1) is 0 Å². The number of anilines is 1. The van der Waals surface area contributed by atoms with Crippen molar-refractivity contribution in [3.8, 4) is 0 Å². The molecule has 1 heterocycles. The molecule has 1 aromatic carbocycles. The molecule has 3 amide bonds. The Morgan fingerprint density at radius 1 is 1.35 bits per heavy atom. The lowest BCUT2D eigenvalue weighted by Gasteiger charge is -2.10. The topological polar surface area (TPSA) is 114 Å². The highest BCUT2D eigenvalue weighted by molar-refractivity contribution is 5.97. The van der Waals surface area contributed by atoms with Crippen LogP contribution in [0.4, 0.5) is 5.69 Å². The first-order chi connectivity index (χ1) is 11.0. The highest BCUT2D eigenvalue weighted by Crippen LogP contribution is 2.11. The number of nitrogens with one attached hydrogen (secondary N) is 3. The summed E-state index contributed by atoms with van der Waals surface area (Å²) in [5.41, 5.74) is 0.817. The normalized spacial score (nSPS) is 16.4. The first kappa shape index (κ1) is 16.5. The minimum atomic E-state index is -0.688. The van der Waals surface area contributed by atoms with Gasteiger partial charge in [-0.25, -0.2) is 4.79 Å². The van der Waals surface area contributed by atoms with Gasteiger partial charge >= 0.3 is 5.97 Å². The molecule has 1 aliphatic heterocycles. The van der Waals surface area contributed by atoms with E-state index in [1.165, 1.54) is 13.1 Å². The van der Waals surface area contributed by atoms with Crippen LogP contribution in [-0.4, -0.2) is 43.4 Å². The molecule has 1 saturated heterocycles. The third kappa shape index (κ3) is 4.53. The molecule has 2 rings (SSSR count). The van der Waals surface area contributed by atoms with Crippen LogP contribution in [-0.2, 0) is 19.1 Å². The summed E-state index contributed by atoms with van der Waals surface area (Å²) in [5, 5.41) is 7.48. The van der Waals surface area contributed by atoms with Gasteiger partial charge < -0.3 is 20.7 Å².